The molecule has 0 bridgehead atoms. The highest BCUT2D eigenvalue weighted by Crippen LogP contribution is 2.32. The Bertz CT molecular complexity index is 1370. The number of hydrogen-bond acceptors (Lipinski definition) is 6. The summed E-state index contributed by atoms with van der Waals surface area (Å²) in [6, 6.07) is 23.9. The first-order valence-electron chi connectivity index (χ1n) is 13.0. The van der Waals surface area contributed by atoms with Gasteiger partial charge in [-0.05, 0) is 98.5 Å². The zero-order chi connectivity index (χ0) is 28.3. The molecule has 4 rings (SSSR count). The second-order valence-electron chi connectivity index (χ2n) is 9.11. The number of hydrogen-bond donors (Lipinski definition) is 1. The number of carboxylic acids is 1. The topological polar surface area (TPSA) is 79.2 Å². The lowest BCUT2D eigenvalue weighted by molar-refractivity contribution is -0.160. The van der Waals surface area contributed by atoms with Crippen molar-refractivity contribution in [3.8, 4) is 28.4 Å². The van der Waals surface area contributed by atoms with Gasteiger partial charge >= 0.3 is 5.97 Å². The smallest absolute Gasteiger partial charge is 0.303 e. The van der Waals surface area contributed by atoms with Crippen LogP contribution >= 0.6 is 12.0 Å². The molecule has 0 saturated carbocycles. The summed E-state index contributed by atoms with van der Waals surface area (Å²) in [5.74, 6) is 0.397. The van der Waals surface area contributed by atoms with Crippen LogP contribution in [0.25, 0.3) is 16.9 Å². The van der Waals surface area contributed by atoms with Gasteiger partial charge in [0.15, 0.2) is 0 Å². The maximum Gasteiger partial charge on any atom is 0.303 e. The van der Waals surface area contributed by atoms with E-state index in [9.17, 15) is 9.18 Å². The molecule has 0 aliphatic heterocycles. The molecule has 0 spiro atoms. The van der Waals surface area contributed by atoms with E-state index in [-0.39, 0.29) is 12.2 Å². The molecule has 0 amide bonds. The Hall–Kier alpha value is -3.79. The molecule has 210 valence electrons. The number of carbonyl (C=O) groups is 1. The number of benzene rings is 3. The van der Waals surface area contributed by atoms with Gasteiger partial charge in [0.1, 0.15) is 23.9 Å². The van der Waals surface area contributed by atoms with Crippen LogP contribution in [0.5, 0.6) is 11.5 Å². The Morgan fingerprint density at radius 1 is 0.900 bits per heavy atom. The number of aliphatic carboxylic acids is 1. The summed E-state index contributed by atoms with van der Waals surface area (Å²) >= 11 is 1.13. The molecule has 40 heavy (non-hydrogen) atoms. The van der Waals surface area contributed by atoms with Gasteiger partial charge in [0.25, 0.3) is 0 Å². The Labute approximate surface area is 237 Å². The fourth-order valence-corrected chi connectivity index (χ4v) is 4.63. The summed E-state index contributed by atoms with van der Waals surface area (Å²) in [6.07, 6.45) is 2.47. The summed E-state index contributed by atoms with van der Waals surface area (Å²) in [7, 11) is 1.46. The van der Waals surface area contributed by atoms with E-state index in [1.807, 2.05) is 55.5 Å². The Morgan fingerprint density at radius 3 is 2.23 bits per heavy atom. The first kappa shape index (κ1) is 29.2. The first-order valence-corrected chi connectivity index (χ1v) is 13.7. The highest BCUT2D eigenvalue weighted by Gasteiger charge is 2.16. The molecule has 0 radical (unpaired) electrons. The summed E-state index contributed by atoms with van der Waals surface area (Å²) in [4.78, 5) is 16.1. The van der Waals surface area contributed by atoms with Crippen molar-refractivity contribution in [1.29, 1.82) is 0 Å². The van der Waals surface area contributed by atoms with E-state index in [0.717, 1.165) is 63.7 Å². The molecular weight excluding hydrogens is 533 g/mol. The van der Waals surface area contributed by atoms with Crippen molar-refractivity contribution in [2.24, 2.45) is 0 Å². The van der Waals surface area contributed by atoms with Crippen molar-refractivity contribution in [3.05, 3.63) is 95.9 Å². The minimum Gasteiger partial charge on any atom is -0.494 e. The van der Waals surface area contributed by atoms with Gasteiger partial charge in [0.2, 0.25) is 0 Å². The molecule has 0 saturated heterocycles. The standard InChI is InChI=1S/C31H32FNO6S/c1-22-24(21-38-28-15-13-27(14-16-28)37-19-5-3-4-6-31(34)35)20-30(33(22)26-11-9-25(32)10-12-26)23-7-17-29(18-8-23)40-39-36-2/h7-18,20H,3-6,19,21H2,1-2H3,(H,34,35). The summed E-state index contributed by atoms with van der Waals surface area (Å²) < 4.78 is 32.6. The Kier molecular flexibility index (Phi) is 10.6. The molecule has 0 fully saturated rings. The molecule has 3 aromatic carbocycles. The first-order chi connectivity index (χ1) is 19.4. The fraction of sp³-hybridized carbons (Fsp3) is 0.258. The second-order valence-corrected chi connectivity index (χ2v) is 9.88. The van der Waals surface area contributed by atoms with E-state index in [1.165, 1.54) is 19.2 Å². The van der Waals surface area contributed by atoms with Gasteiger partial charge in [0, 0.05) is 28.3 Å². The predicted molar refractivity (Wildman–Crippen MR) is 152 cm³/mol. The third-order valence-corrected chi connectivity index (χ3v) is 6.98. The predicted octanol–water partition coefficient (Wildman–Crippen LogP) is 7.78. The van der Waals surface area contributed by atoms with Gasteiger partial charge in [-0.25, -0.2) is 9.28 Å². The van der Waals surface area contributed by atoms with Crippen LogP contribution in [0.1, 0.15) is 36.9 Å². The third kappa shape index (κ3) is 8.11. The van der Waals surface area contributed by atoms with Crippen LogP contribution in [0.4, 0.5) is 4.39 Å². The van der Waals surface area contributed by atoms with Gasteiger partial charge in [-0.15, -0.1) is 0 Å². The van der Waals surface area contributed by atoms with E-state index in [1.54, 1.807) is 12.1 Å². The van der Waals surface area contributed by atoms with Crippen molar-refractivity contribution in [2.45, 2.75) is 44.1 Å². The Balaban J connectivity index is 1.45. The number of rotatable bonds is 15. The van der Waals surface area contributed by atoms with Crippen molar-refractivity contribution < 1.29 is 33.0 Å². The molecule has 0 aliphatic rings. The number of unbranched alkanes of at least 4 members (excludes halogenated alkanes) is 2. The van der Waals surface area contributed by atoms with E-state index in [4.69, 9.17) is 18.9 Å². The average Bonchev–Trinajstić information content (AvgIpc) is 3.29. The summed E-state index contributed by atoms with van der Waals surface area (Å²) in [5.41, 5.74) is 4.79. The van der Waals surface area contributed by atoms with Gasteiger partial charge in [-0.1, -0.05) is 12.1 Å². The monoisotopic (exact) mass is 565 g/mol. The Morgan fingerprint density at radius 2 is 1.57 bits per heavy atom. The molecule has 1 N–H and O–H groups in total. The molecule has 0 unspecified atom stereocenters. The van der Waals surface area contributed by atoms with Crippen LogP contribution in [-0.2, 0) is 20.6 Å². The largest absolute Gasteiger partial charge is 0.494 e. The molecule has 4 aromatic rings. The van der Waals surface area contributed by atoms with Crippen molar-refractivity contribution in [2.75, 3.05) is 13.7 Å². The molecule has 0 atom stereocenters. The molecule has 1 aromatic heterocycles. The summed E-state index contributed by atoms with van der Waals surface area (Å²) in [6.45, 7) is 2.92. The van der Waals surface area contributed by atoms with Gasteiger partial charge in [-0.3, -0.25) is 4.79 Å². The third-order valence-electron chi connectivity index (χ3n) is 6.31. The fourth-order valence-electron chi connectivity index (χ4n) is 4.23. The molecular formula is C31H32FNO6S. The lowest BCUT2D eigenvalue weighted by atomic mass is 10.1. The van der Waals surface area contributed by atoms with Crippen LogP contribution in [0.2, 0.25) is 0 Å². The summed E-state index contributed by atoms with van der Waals surface area (Å²) in [5, 5.41) is 8.70. The van der Waals surface area contributed by atoms with E-state index < -0.39 is 5.97 Å². The number of ether oxygens (including phenoxy) is 2. The molecule has 0 aliphatic carbocycles. The van der Waals surface area contributed by atoms with Crippen LogP contribution in [0, 0.1) is 12.7 Å². The minimum absolute atomic E-state index is 0.191. The number of halogens is 1. The molecule has 1 heterocycles. The van der Waals surface area contributed by atoms with Gasteiger partial charge in [0.05, 0.1) is 31.5 Å². The highest BCUT2D eigenvalue weighted by atomic mass is 32.2. The number of carboxylic acid groups (broad SMARTS) is 1. The van der Waals surface area contributed by atoms with Crippen LogP contribution in [0.15, 0.2) is 83.8 Å². The second kappa shape index (κ2) is 14.6. The quantitative estimate of drug-likeness (QED) is 0.0682. The van der Waals surface area contributed by atoms with Crippen molar-refractivity contribution in [3.63, 3.8) is 0 Å². The zero-order valence-electron chi connectivity index (χ0n) is 22.5. The minimum atomic E-state index is -0.767. The van der Waals surface area contributed by atoms with Crippen LogP contribution < -0.4 is 9.47 Å². The maximum atomic E-state index is 13.7. The SMILES string of the molecule is COOSc1ccc(-c2cc(COc3ccc(OCCCCCC(=O)O)cc3)c(C)n2-c2ccc(F)cc2)cc1. The number of aromatic nitrogens is 1. The highest BCUT2D eigenvalue weighted by molar-refractivity contribution is 7.94. The van der Waals surface area contributed by atoms with E-state index >= 15 is 0 Å². The van der Waals surface area contributed by atoms with Crippen molar-refractivity contribution in [1.82, 2.24) is 4.57 Å². The van der Waals surface area contributed by atoms with Crippen molar-refractivity contribution >= 4 is 18.0 Å². The van der Waals surface area contributed by atoms with E-state index in [0.29, 0.717) is 25.4 Å². The zero-order valence-corrected chi connectivity index (χ0v) is 23.3. The number of nitrogens with zero attached hydrogens (tertiary/aromatic N) is 1. The normalized spacial score (nSPS) is 11.0. The average molecular weight is 566 g/mol. The van der Waals surface area contributed by atoms with E-state index in [2.05, 4.69) is 15.5 Å². The maximum absolute atomic E-state index is 13.7. The van der Waals surface area contributed by atoms with Gasteiger partial charge < -0.3 is 19.1 Å². The molecule has 9 heteroatoms. The molecule has 7 nitrogen and oxygen atoms in total. The lowest BCUT2D eigenvalue weighted by Gasteiger charge is -2.13. The van der Waals surface area contributed by atoms with Crippen LogP contribution in [-0.4, -0.2) is 29.4 Å². The van der Waals surface area contributed by atoms with Gasteiger partial charge in [-0.2, -0.15) is 4.33 Å². The lowest BCUT2D eigenvalue weighted by Crippen LogP contribution is -2.02. The van der Waals surface area contributed by atoms with Crippen LogP contribution in [0.3, 0.4) is 0 Å².